The van der Waals surface area contributed by atoms with Gasteiger partial charge >= 0.3 is 0 Å². The highest BCUT2D eigenvalue weighted by atomic mass is 35.5. The van der Waals surface area contributed by atoms with Crippen LogP contribution in [0.1, 0.15) is 41.7 Å². The Morgan fingerprint density at radius 1 is 1.19 bits per heavy atom. The molecule has 6 heteroatoms. The number of carbonyl (C=O) groups excluding carboxylic acids is 2. The quantitative estimate of drug-likeness (QED) is 0.853. The van der Waals surface area contributed by atoms with Crippen molar-refractivity contribution in [1.82, 2.24) is 10.2 Å². The standard InChI is InChI=1S/C21H22ClFN2O2/c1-14(18-6-2-3-7-19(18)22)24-20(26)16-5-4-12-25(13-16)21(27)15-8-10-17(23)11-9-15/h2-3,6-11,14,16H,4-5,12-13H2,1H3,(H,24,26). The van der Waals surface area contributed by atoms with E-state index < -0.39 is 0 Å². The lowest BCUT2D eigenvalue weighted by Crippen LogP contribution is -2.45. The fraction of sp³-hybridized carbons (Fsp3) is 0.333. The molecule has 2 amide bonds. The summed E-state index contributed by atoms with van der Waals surface area (Å²) in [5.41, 5.74) is 1.30. The summed E-state index contributed by atoms with van der Waals surface area (Å²) in [6, 6.07) is 12.7. The molecule has 0 spiro atoms. The molecule has 2 atom stereocenters. The topological polar surface area (TPSA) is 49.4 Å². The van der Waals surface area contributed by atoms with E-state index in [2.05, 4.69) is 5.32 Å². The van der Waals surface area contributed by atoms with Crippen LogP contribution in [0, 0.1) is 11.7 Å². The van der Waals surface area contributed by atoms with Gasteiger partial charge in [0.25, 0.3) is 5.91 Å². The maximum absolute atomic E-state index is 13.1. The highest BCUT2D eigenvalue weighted by Gasteiger charge is 2.29. The Labute approximate surface area is 163 Å². The molecule has 3 rings (SSSR count). The number of hydrogen-bond acceptors (Lipinski definition) is 2. The predicted octanol–water partition coefficient (Wildman–Crippen LogP) is 4.21. The first-order valence-corrected chi connectivity index (χ1v) is 9.43. The van der Waals surface area contributed by atoms with Crippen LogP contribution in [0.25, 0.3) is 0 Å². The summed E-state index contributed by atoms with van der Waals surface area (Å²) in [5, 5.41) is 3.62. The minimum Gasteiger partial charge on any atom is -0.349 e. The summed E-state index contributed by atoms with van der Waals surface area (Å²) in [5.74, 6) is -0.908. The fourth-order valence-corrected chi connectivity index (χ4v) is 3.69. The van der Waals surface area contributed by atoms with Crippen molar-refractivity contribution in [2.24, 2.45) is 5.92 Å². The first-order chi connectivity index (χ1) is 13.0. The van der Waals surface area contributed by atoms with Crippen molar-refractivity contribution in [3.8, 4) is 0 Å². The minimum atomic E-state index is -0.379. The molecule has 0 aliphatic carbocycles. The average molecular weight is 389 g/mol. The number of halogens is 2. The second-order valence-electron chi connectivity index (χ2n) is 6.85. The molecule has 1 N–H and O–H groups in total. The van der Waals surface area contributed by atoms with Crippen LogP contribution in [0.15, 0.2) is 48.5 Å². The van der Waals surface area contributed by atoms with Crippen LogP contribution in [0.4, 0.5) is 4.39 Å². The number of piperidine rings is 1. The smallest absolute Gasteiger partial charge is 0.253 e. The SMILES string of the molecule is CC(NC(=O)C1CCCN(C(=O)c2ccc(F)cc2)C1)c1ccccc1Cl. The molecule has 0 aromatic heterocycles. The van der Waals surface area contributed by atoms with Gasteiger partial charge in [-0.25, -0.2) is 4.39 Å². The lowest BCUT2D eigenvalue weighted by atomic mass is 9.95. The van der Waals surface area contributed by atoms with Crippen LogP contribution in [0.3, 0.4) is 0 Å². The first-order valence-electron chi connectivity index (χ1n) is 9.05. The number of hydrogen-bond donors (Lipinski definition) is 1. The van der Waals surface area contributed by atoms with Crippen LogP contribution in [0.5, 0.6) is 0 Å². The van der Waals surface area contributed by atoms with Gasteiger partial charge in [0, 0.05) is 23.7 Å². The second-order valence-corrected chi connectivity index (χ2v) is 7.26. The molecule has 2 unspecified atom stereocenters. The number of nitrogens with zero attached hydrogens (tertiary/aromatic N) is 1. The van der Waals surface area contributed by atoms with Gasteiger partial charge in [-0.1, -0.05) is 29.8 Å². The van der Waals surface area contributed by atoms with Crippen LogP contribution < -0.4 is 5.32 Å². The van der Waals surface area contributed by atoms with E-state index in [9.17, 15) is 14.0 Å². The molecule has 0 radical (unpaired) electrons. The van der Waals surface area contributed by atoms with Gasteiger partial charge in [0.1, 0.15) is 5.82 Å². The van der Waals surface area contributed by atoms with Crippen LogP contribution in [-0.4, -0.2) is 29.8 Å². The van der Waals surface area contributed by atoms with E-state index >= 15 is 0 Å². The molecule has 0 bridgehead atoms. The number of likely N-dealkylation sites (tertiary alicyclic amines) is 1. The van der Waals surface area contributed by atoms with E-state index in [4.69, 9.17) is 11.6 Å². The van der Waals surface area contributed by atoms with E-state index in [1.165, 1.54) is 24.3 Å². The Kier molecular flexibility index (Phi) is 6.11. The number of nitrogens with one attached hydrogen (secondary N) is 1. The normalized spacial score (nSPS) is 18.0. The number of rotatable bonds is 4. The van der Waals surface area contributed by atoms with Crippen LogP contribution in [0.2, 0.25) is 5.02 Å². The van der Waals surface area contributed by atoms with Crippen molar-refractivity contribution < 1.29 is 14.0 Å². The molecule has 2 aromatic carbocycles. The van der Waals surface area contributed by atoms with Crippen LogP contribution in [-0.2, 0) is 4.79 Å². The highest BCUT2D eigenvalue weighted by molar-refractivity contribution is 6.31. The monoisotopic (exact) mass is 388 g/mol. The maximum atomic E-state index is 13.1. The molecule has 1 saturated heterocycles. The van der Waals surface area contributed by atoms with Gasteiger partial charge in [-0.15, -0.1) is 0 Å². The third-order valence-corrected chi connectivity index (χ3v) is 5.25. The third-order valence-electron chi connectivity index (χ3n) is 4.90. The number of benzene rings is 2. The molecule has 27 heavy (non-hydrogen) atoms. The second kappa shape index (κ2) is 8.53. The van der Waals surface area contributed by atoms with Gasteiger partial charge in [-0.05, 0) is 55.7 Å². The zero-order chi connectivity index (χ0) is 19.4. The lowest BCUT2D eigenvalue weighted by Gasteiger charge is -2.32. The minimum absolute atomic E-state index is 0.0842. The molecular weight excluding hydrogens is 367 g/mol. The Hall–Kier alpha value is -2.40. The van der Waals surface area contributed by atoms with Crippen LogP contribution >= 0.6 is 11.6 Å². The third kappa shape index (κ3) is 4.66. The summed E-state index contributed by atoms with van der Waals surface area (Å²) in [6.45, 7) is 2.85. The maximum Gasteiger partial charge on any atom is 0.253 e. The average Bonchev–Trinajstić information content (AvgIpc) is 2.68. The van der Waals surface area contributed by atoms with E-state index in [1.807, 2.05) is 25.1 Å². The molecule has 1 fully saturated rings. The summed E-state index contributed by atoms with van der Waals surface area (Å²) in [4.78, 5) is 27.0. The van der Waals surface area contributed by atoms with Gasteiger partial charge in [0.05, 0.1) is 12.0 Å². The Bertz CT molecular complexity index is 825. The van der Waals surface area contributed by atoms with Gasteiger partial charge in [0.2, 0.25) is 5.91 Å². The fourth-order valence-electron chi connectivity index (χ4n) is 3.39. The summed E-state index contributed by atoms with van der Waals surface area (Å²) in [7, 11) is 0. The van der Waals surface area contributed by atoms with Gasteiger partial charge in [0.15, 0.2) is 0 Å². The molecule has 0 saturated carbocycles. The number of carbonyl (C=O) groups is 2. The van der Waals surface area contributed by atoms with Crippen molar-refractivity contribution in [3.63, 3.8) is 0 Å². The van der Waals surface area contributed by atoms with Crippen molar-refractivity contribution in [3.05, 3.63) is 70.5 Å². The van der Waals surface area contributed by atoms with E-state index in [0.29, 0.717) is 23.7 Å². The molecule has 4 nitrogen and oxygen atoms in total. The first kappa shape index (κ1) is 19.4. The van der Waals surface area contributed by atoms with E-state index in [1.54, 1.807) is 11.0 Å². The Balaban J connectivity index is 1.63. The Morgan fingerprint density at radius 2 is 1.89 bits per heavy atom. The molecule has 1 heterocycles. The highest BCUT2D eigenvalue weighted by Crippen LogP contribution is 2.24. The summed E-state index contributed by atoms with van der Waals surface area (Å²) < 4.78 is 13.1. The zero-order valence-corrected chi connectivity index (χ0v) is 15.9. The van der Waals surface area contributed by atoms with Gasteiger partial charge < -0.3 is 10.2 Å². The summed E-state index contributed by atoms with van der Waals surface area (Å²) >= 11 is 6.20. The van der Waals surface area contributed by atoms with Gasteiger partial charge in [-0.2, -0.15) is 0 Å². The van der Waals surface area contributed by atoms with Crippen molar-refractivity contribution in [2.45, 2.75) is 25.8 Å². The van der Waals surface area contributed by atoms with E-state index in [-0.39, 0.29) is 29.6 Å². The van der Waals surface area contributed by atoms with Crippen molar-refractivity contribution in [1.29, 1.82) is 0 Å². The number of amides is 2. The van der Waals surface area contributed by atoms with Crippen molar-refractivity contribution in [2.75, 3.05) is 13.1 Å². The molecule has 1 aliphatic rings. The lowest BCUT2D eigenvalue weighted by molar-refractivity contribution is -0.127. The summed E-state index contributed by atoms with van der Waals surface area (Å²) in [6.07, 6.45) is 1.49. The Morgan fingerprint density at radius 3 is 2.59 bits per heavy atom. The largest absolute Gasteiger partial charge is 0.349 e. The molecule has 2 aromatic rings. The predicted molar refractivity (Wildman–Crippen MR) is 103 cm³/mol. The zero-order valence-electron chi connectivity index (χ0n) is 15.1. The van der Waals surface area contributed by atoms with Crippen molar-refractivity contribution >= 4 is 23.4 Å². The van der Waals surface area contributed by atoms with E-state index in [0.717, 1.165) is 18.4 Å². The van der Waals surface area contributed by atoms with Gasteiger partial charge in [-0.3, -0.25) is 9.59 Å². The molecule has 1 aliphatic heterocycles. The molecular formula is C21H22ClFN2O2. The molecule has 142 valence electrons.